The Morgan fingerprint density at radius 2 is 1.64 bits per heavy atom. The molecule has 3 aromatic rings. The van der Waals surface area contributed by atoms with Gasteiger partial charge < -0.3 is 28.6 Å². The van der Waals surface area contributed by atoms with Gasteiger partial charge in [0.2, 0.25) is 13.6 Å². The van der Waals surface area contributed by atoms with Crippen LogP contribution in [0.15, 0.2) is 65.3 Å². The van der Waals surface area contributed by atoms with E-state index in [2.05, 4.69) is 6.08 Å². The molecule has 2 atom stereocenters. The lowest BCUT2D eigenvalue weighted by atomic mass is 9.77. The summed E-state index contributed by atoms with van der Waals surface area (Å²) in [6, 6.07) is 15.8. The Labute approximate surface area is 258 Å². The molecule has 0 bridgehead atoms. The first-order valence-electron chi connectivity index (χ1n) is 15.1. The molecule has 12 heteroatoms. The van der Waals surface area contributed by atoms with Gasteiger partial charge in [-0.1, -0.05) is 12.1 Å². The second kappa shape index (κ2) is 11.1. The molecule has 1 saturated heterocycles. The number of fused-ring (bicyclic) bond motifs is 3. The quantitative estimate of drug-likeness (QED) is 0.279. The van der Waals surface area contributed by atoms with Crippen molar-refractivity contribution in [3.05, 3.63) is 87.0 Å². The molecular weight excluding hydrogens is 580 g/mol. The number of nitro benzene ring substituents is 1. The average Bonchev–Trinajstić information content (AvgIpc) is 3.83. The van der Waals surface area contributed by atoms with Crippen LogP contribution in [0.5, 0.6) is 23.0 Å². The average molecular weight is 611 g/mol. The summed E-state index contributed by atoms with van der Waals surface area (Å²) in [4.78, 5) is 28.0. The summed E-state index contributed by atoms with van der Waals surface area (Å²) >= 11 is 0. The van der Waals surface area contributed by atoms with E-state index in [1.165, 1.54) is 11.1 Å². The number of carbonyl (C=O) groups is 1. The van der Waals surface area contributed by atoms with Crippen molar-refractivity contribution in [3.8, 4) is 23.0 Å². The summed E-state index contributed by atoms with van der Waals surface area (Å²) in [5, 5.41) is 18.7. The number of rotatable bonds is 5. The molecule has 1 saturated carbocycles. The summed E-state index contributed by atoms with van der Waals surface area (Å²) in [6.07, 6.45) is 4.65. The highest BCUT2D eigenvalue weighted by atomic mass is 16.7. The number of ether oxygens (including phenoxy) is 5. The van der Waals surface area contributed by atoms with Gasteiger partial charge in [-0.3, -0.25) is 14.9 Å². The molecule has 12 nitrogen and oxygen atoms in total. The molecule has 0 spiro atoms. The molecule has 5 aliphatic rings. The van der Waals surface area contributed by atoms with Gasteiger partial charge in [-0.15, -0.1) is 0 Å². The lowest BCUT2D eigenvalue weighted by molar-refractivity contribution is -0.384. The predicted molar refractivity (Wildman–Crippen MR) is 163 cm³/mol. The minimum Gasteiger partial charge on any atom is -0.454 e. The van der Waals surface area contributed by atoms with Gasteiger partial charge in [-0.05, 0) is 78.4 Å². The van der Waals surface area contributed by atoms with E-state index in [1.54, 1.807) is 12.1 Å². The van der Waals surface area contributed by atoms with E-state index in [1.807, 2.05) is 41.3 Å². The zero-order valence-corrected chi connectivity index (χ0v) is 24.3. The van der Waals surface area contributed by atoms with E-state index in [4.69, 9.17) is 28.8 Å². The molecule has 8 rings (SSSR count). The first kappa shape index (κ1) is 27.4. The fourth-order valence-corrected chi connectivity index (χ4v) is 6.81. The van der Waals surface area contributed by atoms with Crippen LogP contribution in [-0.4, -0.2) is 61.4 Å². The van der Waals surface area contributed by atoms with Gasteiger partial charge in [0.15, 0.2) is 23.0 Å². The highest BCUT2D eigenvalue weighted by Gasteiger charge is 2.44. The smallest absolute Gasteiger partial charge is 0.293 e. The highest BCUT2D eigenvalue weighted by Crippen LogP contribution is 2.47. The standard InChI is InChI=1S/C33H30N4O8/c38-33(23-5-7-25(26(16-23)37(39)40)35-10-12-41-13-11-35)36-32(22-6-9-28-30(17-22)45-19-43-28)24-3-1-2-21(31(24)34-36)14-20-4-8-27-29(15-20)44-18-42-27/h4-9,14-17,24,32H,1-3,10-13,18-19H2/b21-14-/t24-,32+/m0/s1. The molecule has 230 valence electrons. The van der Waals surface area contributed by atoms with Gasteiger partial charge in [0.25, 0.3) is 11.6 Å². The summed E-state index contributed by atoms with van der Waals surface area (Å²) in [5.41, 5.74) is 4.26. The lowest BCUT2D eigenvalue weighted by Crippen LogP contribution is -2.36. The summed E-state index contributed by atoms with van der Waals surface area (Å²) in [6.45, 7) is 2.40. The number of hydrogen-bond acceptors (Lipinski definition) is 10. The van der Waals surface area contributed by atoms with Crippen molar-refractivity contribution in [1.29, 1.82) is 0 Å². The monoisotopic (exact) mass is 610 g/mol. The maximum atomic E-state index is 14.3. The van der Waals surface area contributed by atoms with Crippen LogP contribution < -0.4 is 23.8 Å². The van der Waals surface area contributed by atoms with Crippen LogP contribution in [0, 0.1) is 16.0 Å². The fourth-order valence-electron chi connectivity index (χ4n) is 6.81. The molecule has 4 aliphatic heterocycles. The Morgan fingerprint density at radius 1 is 0.911 bits per heavy atom. The van der Waals surface area contributed by atoms with Crippen molar-refractivity contribution in [3.63, 3.8) is 0 Å². The fraction of sp³-hybridized carbons (Fsp3) is 0.333. The number of anilines is 1. The number of nitrogens with zero attached hydrogens (tertiary/aromatic N) is 4. The third-order valence-electron chi connectivity index (χ3n) is 8.96. The molecule has 0 unspecified atom stereocenters. The number of carbonyl (C=O) groups excluding carboxylic acids is 1. The first-order valence-corrected chi connectivity index (χ1v) is 15.1. The molecule has 0 aromatic heterocycles. The Kier molecular flexibility index (Phi) is 6.78. The number of hydrazone groups is 1. The largest absolute Gasteiger partial charge is 0.454 e. The third kappa shape index (κ3) is 4.91. The van der Waals surface area contributed by atoms with Crippen molar-refractivity contribution in [2.75, 3.05) is 44.8 Å². The molecule has 0 N–H and O–H groups in total. The predicted octanol–water partition coefficient (Wildman–Crippen LogP) is 5.33. The van der Waals surface area contributed by atoms with E-state index in [9.17, 15) is 14.9 Å². The van der Waals surface area contributed by atoms with Gasteiger partial charge in [0.1, 0.15) is 5.69 Å². The topological polar surface area (TPSA) is 125 Å². The lowest BCUT2D eigenvalue weighted by Gasteiger charge is -2.30. The molecule has 3 aromatic carbocycles. The second-order valence-electron chi connectivity index (χ2n) is 11.5. The van der Waals surface area contributed by atoms with Crippen LogP contribution in [0.1, 0.15) is 46.8 Å². The van der Waals surface area contributed by atoms with E-state index in [-0.39, 0.29) is 30.8 Å². The maximum absolute atomic E-state index is 14.3. The third-order valence-corrected chi connectivity index (χ3v) is 8.96. The molecule has 45 heavy (non-hydrogen) atoms. The number of benzene rings is 3. The maximum Gasteiger partial charge on any atom is 0.293 e. The van der Waals surface area contributed by atoms with Gasteiger partial charge in [0, 0.05) is 30.6 Å². The van der Waals surface area contributed by atoms with Crippen LogP contribution in [0.4, 0.5) is 11.4 Å². The Balaban J connectivity index is 1.19. The molecule has 0 radical (unpaired) electrons. The highest BCUT2D eigenvalue weighted by molar-refractivity contribution is 6.09. The summed E-state index contributed by atoms with van der Waals surface area (Å²) in [7, 11) is 0. The zero-order valence-electron chi connectivity index (χ0n) is 24.3. The van der Waals surface area contributed by atoms with Crippen LogP contribution in [-0.2, 0) is 4.74 Å². The van der Waals surface area contributed by atoms with Gasteiger partial charge in [-0.25, -0.2) is 5.01 Å². The number of allylic oxidation sites excluding steroid dienone is 1. The number of nitro groups is 1. The molecular formula is C33H30N4O8. The minimum atomic E-state index is -0.432. The van der Waals surface area contributed by atoms with Crippen molar-refractivity contribution in [2.45, 2.75) is 25.3 Å². The van der Waals surface area contributed by atoms with Crippen LogP contribution in [0.2, 0.25) is 0 Å². The minimum absolute atomic E-state index is 0.0778. The van der Waals surface area contributed by atoms with E-state index < -0.39 is 16.9 Å². The Bertz CT molecular complexity index is 1770. The van der Waals surface area contributed by atoms with Crippen molar-refractivity contribution < 1.29 is 33.4 Å². The SMILES string of the molecule is O=C(c1ccc(N2CCOCC2)c([N+](=O)[O-])c1)N1N=C2/C(=C\c3ccc4c(c3)OCO4)CCC[C@@H]2[C@H]1c1ccc2c(c1)OCO2. The first-order chi connectivity index (χ1) is 22.0. The number of morpholine rings is 1. The van der Waals surface area contributed by atoms with Gasteiger partial charge in [-0.2, -0.15) is 5.10 Å². The van der Waals surface area contributed by atoms with Crippen molar-refractivity contribution in [1.82, 2.24) is 5.01 Å². The van der Waals surface area contributed by atoms with E-state index >= 15 is 0 Å². The Morgan fingerprint density at radius 3 is 2.42 bits per heavy atom. The summed E-state index contributed by atoms with van der Waals surface area (Å²) in [5.74, 6) is 2.19. The van der Waals surface area contributed by atoms with E-state index in [0.29, 0.717) is 55.0 Å². The number of amides is 1. The van der Waals surface area contributed by atoms with Gasteiger partial charge >= 0.3 is 0 Å². The van der Waals surface area contributed by atoms with Gasteiger partial charge in [0.05, 0.1) is 29.9 Å². The Hall–Kier alpha value is -5.10. The van der Waals surface area contributed by atoms with Crippen molar-refractivity contribution >= 4 is 29.1 Å². The molecule has 4 heterocycles. The molecule has 1 aliphatic carbocycles. The number of hydrogen-bond donors (Lipinski definition) is 0. The normalized spacial score (nSPS) is 22.4. The summed E-state index contributed by atoms with van der Waals surface area (Å²) < 4.78 is 27.7. The van der Waals surface area contributed by atoms with Crippen LogP contribution >= 0.6 is 0 Å². The second-order valence-corrected chi connectivity index (χ2v) is 11.5. The molecule has 2 fully saturated rings. The van der Waals surface area contributed by atoms with Crippen LogP contribution in [0.25, 0.3) is 6.08 Å². The molecule has 1 amide bonds. The van der Waals surface area contributed by atoms with Crippen LogP contribution in [0.3, 0.4) is 0 Å². The van der Waals surface area contributed by atoms with Crippen molar-refractivity contribution in [2.24, 2.45) is 11.0 Å². The zero-order chi connectivity index (χ0) is 30.5. The van der Waals surface area contributed by atoms with E-state index in [0.717, 1.165) is 41.7 Å².